The molecule has 1 aromatic heterocycles. The highest BCUT2D eigenvalue weighted by Gasteiger charge is 2.35. The number of rotatable bonds is 4. The molecule has 1 N–H and O–H groups in total. The van der Waals surface area contributed by atoms with E-state index in [1.54, 1.807) is 0 Å². The van der Waals surface area contributed by atoms with Crippen LogP contribution in [-0.4, -0.2) is 15.7 Å². The van der Waals surface area contributed by atoms with Crippen LogP contribution in [-0.2, 0) is 25.7 Å². The van der Waals surface area contributed by atoms with Crippen molar-refractivity contribution in [2.75, 3.05) is 0 Å². The summed E-state index contributed by atoms with van der Waals surface area (Å²) in [6, 6.07) is 5.94. The SMILES string of the molecule is Cn1nc(C(F)(F)F)cc1C(=O)NCc1ccc(C(C)(F)F)cc1. The maximum Gasteiger partial charge on any atom is 0.435 e. The lowest BCUT2D eigenvalue weighted by Crippen LogP contribution is -2.25. The van der Waals surface area contributed by atoms with Gasteiger partial charge in [0.05, 0.1) is 0 Å². The lowest BCUT2D eigenvalue weighted by molar-refractivity contribution is -0.141. The van der Waals surface area contributed by atoms with Crippen molar-refractivity contribution in [2.24, 2.45) is 7.05 Å². The van der Waals surface area contributed by atoms with Crippen molar-refractivity contribution in [1.29, 1.82) is 0 Å². The first-order chi connectivity index (χ1) is 11.0. The van der Waals surface area contributed by atoms with Crippen LogP contribution in [0, 0.1) is 0 Å². The van der Waals surface area contributed by atoms with Gasteiger partial charge in [0, 0.05) is 32.1 Å². The Balaban J connectivity index is 2.05. The number of hydrogen-bond donors (Lipinski definition) is 1. The fourth-order valence-electron chi connectivity index (χ4n) is 2.01. The van der Waals surface area contributed by atoms with E-state index in [0.717, 1.165) is 11.6 Å². The number of halogens is 5. The first-order valence-corrected chi connectivity index (χ1v) is 6.85. The first-order valence-electron chi connectivity index (χ1n) is 6.85. The van der Waals surface area contributed by atoms with Gasteiger partial charge in [-0.2, -0.15) is 18.3 Å². The normalized spacial score (nSPS) is 12.3. The molecule has 4 nitrogen and oxygen atoms in total. The first kappa shape index (κ1) is 17.9. The van der Waals surface area contributed by atoms with E-state index in [0.29, 0.717) is 11.6 Å². The van der Waals surface area contributed by atoms with Gasteiger partial charge in [0.1, 0.15) is 5.69 Å². The number of carbonyl (C=O) groups excluding carboxylic acids is 1. The Kier molecular flexibility index (Phi) is 4.63. The molecular weight excluding hydrogens is 333 g/mol. The van der Waals surface area contributed by atoms with E-state index >= 15 is 0 Å². The van der Waals surface area contributed by atoms with E-state index in [-0.39, 0.29) is 17.8 Å². The van der Waals surface area contributed by atoms with Gasteiger partial charge < -0.3 is 5.32 Å². The average molecular weight is 347 g/mol. The lowest BCUT2D eigenvalue weighted by atomic mass is 10.1. The highest BCUT2D eigenvalue weighted by atomic mass is 19.4. The van der Waals surface area contributed by atoms with Crippen molar-refractivity contribution < 1.29 is 26.7 Å². The summed E-state index contributed by atoms with van der Waals surface area (Å²) in [5.41, 5.74) is -1.04. The van der Waals surface area contributed by atoms with E-state index in [2.05, 4.69) is 10.4 Å². The zero-order chi connectivity index (χ0) is 18.1. The van der Waals surface area contributed by atoms with Crippen LogP contribution in [0.5, 0.6) is 0 Å². The topological polar surface area (TPSA) is 46.9 Å². The second-order valence-corrected chi connectivity index (χ2v) is 5.30. The molecule has 0 aliphatic heterocycles. The molecule has 1 amide bonds. The fraction of sp³-hybridized carbons (Fsp3) is 0.333. The van der Waals surface area contributed by atoms with Crippen molar-refractivity contribution in [1.82, 2.24) is 15.1 Å². The molecule has 1 heterocycles. The van der Waals surface area contributed by atoms with Crippen molar-refractivity contribution in [3.05, 3.63) is 52.8 Å². The Morgan fingerprint density at radius 2 is 1.75 bits per heavy atom. The Labute approximate surface area is 134 Å². The quantitative estimate of drug-likeness (QED) is 0.861. The molecule has 24 heavy (non-hydrogen) atoms. The van der Waals surface area contributed by atoms with Gasteiger partial charge in [-0.3, -0.25) is 9.48 Å². The number of nitrogens with zero attached hydrogens (tertiary/aromatic N) is 2. The van der Waals surface area contributed by atoms with E-state index in [1.165, 1.54) is 31.3 Å². The van der Waals surface area contributed by atoms with Crippen molar-refractivity contribution >= 4 is 5.91 Å². The number of carbonyl (C=O) groups is 1. The van der Waals surface area contributed by atoms with Crippen molar-refractivity contribution in [2.45, 2.75) is 25.6 Å². The smallest absolute Gasteiger partial charge is 0.347 e. The third-order valence-corrected chi connectivity index (χ3v) is 3.32. The molecule has 0 aliphatic rings. The molecule has 0 radical (unpaired) electrons. The van der Waals surface area contributed by atoms with Gasteiger partial charge in [-0.15, -0.1) is 0 Å². The maximum absolute atomic E-state index is 13.1. The summed E-state index contributed by atoms with van der Waals surface area (Å²) in [6.45, 7) is 0.755. The molecule has 1 aromatic carbocycles. The predicted octanol–water partition coefficient (Wildman–Crippen LogP) is 3.48. The van der Waals surface area contributed by atoms with Crippen LogP contribution in [0.2, 0.25) is 0 Å². The molecule has 0 bridgehead atoms. The Bertz CT molecular complexity index is 729. The Morgan fingerprint density at radius 3 is 2.21 bits per heavy atom. The Morgan fingerprint density at radius 1 is 1.17 bits per heavy atom. The van der Waals surface area contributed by atoms with Gasteiger partial charge in [-0.25, -0.2) is 8.78 Å². The zero-order valence-corrected chi connectivity index (χ0v) is 12.8. The molecule has 2 rings (SSSR count). The van der Waals surface area contributed by atoms with E-state index in [9.17, 15) is 26.7 Å². The molecule has 0 unspecified atom stereocenters. The van der Waals surface area contributed by atoms with Gasteiger partial charge in [-0.05, 0) is 5.56 Å². The molecule has 0 spiro atoms. The highest BCUT2D eigenvalue weighted by Crippen LogP contribution is 2.28. The van der Waals surface area contributed by atoms with Gasteiger partial charge in [0.2, 0.25) is 0 Å². The number of hydrogen-bond acceptors (Lipinski definition) is 2. The fourth-order valence-corrected chi connectivity index (χ4v) is 2.01. The molecule has 2 aromatic rings. The van der Waals surface area contributed by atoms with E-state index in [4.69, 9.17) is 0 Å². The average Bonchev–Trinajstić information content (AvgIpc) is 2.86. The zero-order valence-electron chi connectivity index (χ0n) is 12.8. The summed E-state index contributed by atoms with van der Waals surface area (Å²) >= 11 is 0. The van der Waals surface area contributed by atoms with Crippen molar-refractivity contribution in [3.63, 3.8) is 0 Å². The second kappa shape index (κ2) is 6.21. The summed E-state index contributed by atoms with van der Waals surface area (Å²) in [5, 5.41) is 5.67. The molecule has 130 valence electrons. The molecule has 0 fully saturated rings. The molecular formula is C15H14F5N3O. The number of amides is 1. The highest BCUT2D eigenvalue weighted by molar-refractivity contribution is 5.92. The molecule has 0 atom stereocenters. The largest absolute Gasteiger partial charge is 0.435 e. The minimum atomic E-state index is -4.64. The number of aryl methyl sites for hydroxylation is 1. The van der Waals surface area contributed by atoms with Gasteiger partial charge >= 0.3 is 6.18 Å². The maximum atomic E-state index is 13.1. The molecule has 0 aliphatic carbocycles. The van der Waals surface area contributed by atoms with Crippen molar-refractivity contribution in [3.8, 4) is 0 Å². The number of aromatic nitrogens is 2. The summed E-state index contributed by atoms with van der Waals surface area (Å²) in [7, 11) is 1.22. The van der Waals surface area contributed by atoms with Crippen LogP contribution < -0.4 is 5.32 Å². The van der Waals surface area contributed by atoms with Gasteiger partial charge in [-0.1, -0.05) is 24.3 Å². The van der Waals surface area contributed by atoms with Crippen LogP contribution in [0.4, 0.5) is 22.0 Å². The van der Waals surface area contributed by atoms with Crippen LogP contribution in [0.3, 0.4) is 0 Å². The van der Waals surface area contributed by atoms with Crippen LogP contribution in [0.15, 0.2) is 30.3 Å². The van der Waals surface area contributed by atoms with E-state index < -0.39 is 23.7 Å². The summed E-state index contributed by atoms with van der Waals surface area (Å²) in [5.74, 6) is -3.71. The van der Waals surface area contributed by atoms with Crippen LogP contribution in [0.1, 0.15) is 34.2 Å². The van der Waals surface area contributed by atoms with Gasteiger partial charge in [0.25, 0.3) is 11.8 Å². The van der Waals surface area contributed by atoms with Crippen LogP contribution >= 0.6 is 0 Å². The van der Waals surface area contributed by atoms with Gasteiger partial charge in [0.15, 0.2) is 5.69 Å². The monoisotopic (exact) mass is 347 g/mol. The summed E-state index contributed by atoms with van der Waals surface area (Å²) in [4.78, 5) is 11.9. The summed E-state index contributed by atoms with van der Waals surface area (Å²) < 4.78 is 64.7. The number of nitrogens with one attached hydrogen (secondary N) is 1. The third-order valence-electron chi connectivity index (χ3n) is 3.32. The number of alkyl halides is 5. The number of benzene rings is 1. The standard InChI is InChI=1S/C15H14F5N3O/c1-14(16,17)10-5-3-9(4-6-10)8-21-13(24)11-7-12(15(18,19)20)22-23(11)2/h3-7H,8H2,1-2H3,(H,21,24). The lowest BCUT2D eigenvalue weighted by Gasteiger charge is -2.11. The second-order valence-electron chi connectivity index (χ2n) is 5.30. The molecule has 0 saturated heterocycles. The molecule has 0 saturated carbocycles. The minimum absolute atomic E-state index is 0.0130. The minimum Gasteiger partial charge on any atom is -0.347 e. The Hall–Kier alpha value is -2.45. The molecule has 9 heteroatoms. The third kappa shape index (κ3) is 4.09. The van der Waals surface area contributed by atoms with Crippen LogP contribution in [0.25, 0.3) is 0 Å². The summed E-state index contributed by atoms with van der Waals surface area (Å²) in [6.07, 6.45) is -4.64. The predicted molar refractivity (Wildman–Crippen MR) is 75.4 cm³/mol. The van der Waals surface area contributed by atoms with E-state index in [1.807, 2.05) is 0 Å².